The summed E-state index contributed by atoms with van der Waals surface area (Å²) in [6, 6.07) is 0.546. The van der Waals surface area contributed by atoms with Gasteiger partial charge in [-0.3, -0.25) is 4.99 Å². The van der Waals surface area contributed by atoms with Gasteiger partial charge in [-0.05, 0) is 57.6 Å². The Morgan fingerprint density at radius 1 is 1.21 bits per heavy atom. The van der Waals surface area contributed by atoms with E-state index in [0.29, 0.717) is 6.04 Å². The smallest absolute Gasteiger partial charge is 0.104 e. The van der Waals surface area contributed by atoms with E-state index in [-0.39, 0.29) is 0 Å². The Hall–Kier alpha value is -1.22. The molecule has 0 spiro atoms. The van der Waals surface area contributed by atoms with Gasteiger partial charge in [-0.2, -0.15) is 0 Å². The summed E-state index contributed by atoms with van der Waals surface area (Å²) in [6.45, 7) is 19.0. The first-order valence-electron chi connectivity index (χ1n) is 9.15. The summed E-state index contributed by atoms with van der Waals surface area (Å²) in [7, 11) is 0. The molecule has 1 N–H and O–H groups in total. The third kappa shape index (κ3) is 6.72. The first-order chi connectivity index (χ1) is 11.4. The van der Waals surface area contributed by atoms with Crippen LogP contribution in [0, 0.1) is 0 Å². The Morgan fingerprint density at radius 2 is 1.79 bits per heavy atom. The molecule has 0 bridgehead atoms. The van der Waals surface area contributed by atoms with Gasteiger partial charge in [0.15, 0.2) is 0 Å². The molecule has 0 unspecified atom stereocenters. The molecule has 2 nitrogen and oxygen atoms in total. The molecule has 1 saturated carbocycles. The van der Waals surface area contributed by atoms with Gasteiger partial charge in [0.25, 0.3) is 0 Å². The lowest BCUT2D eigenvalue weighted by molar-refractivity contribution is 0.485. The summed E-state index contributed by atoms with van der Waals surface area (Å²) in [5.41, 5.74) is 4.97. The van der Waals surface area contributed by atoms with E-state index in [2.05, 4.69) is 44.2 Å². The molecule has 0 aromatic carbocycles. The van der Waals surface area contributed by atoms with E-state index in [9.17, 15) is 0 Å². The number of nitrogens with zero attached hydrogens (tertiary/aromatic N) is 1. The van der Waals surface area contributed by atoms with Crippen LogP contribution in [-0.2, 0) is 0 Å². The highest BCUT2D eigenvalue weighted by molar-refractivity contribution is 8.06. The van der Waals surface area contributed by atoms with E-state index in [1.54, 1.807) is 11.8 Å². The SMILES string of the molecule is C=C(SC(/N=C\C)=C(\C)C(=C)C)C(NC(CCC)CCC)=C1CC1. The average molecular weight is 347 g/mol. The van der Waals surface area contributed by atoms with Gasteiger partial charge in [0, 0.05) is 22.9 Å². The molecular weight excluding hydrogens is 312 g/mol. The third-order valence-corrected chi connectivity index (χ3v) is 5.24. The Kier molecular flexibility index (Phi) is 9.20. The van der Waals surface area contributed by atoms with Crippen LogP contribution >= 0.6 is 11.8 Å². The third-order valence-electron chi connectivity index (χ3n) is 4.18. The minimum absolute atomic E-state index is 0.546. The fourth-order valence-corrected chi connectivity index (χ4v) is 3.57. The molecule has 1 rings (SSSR count). The van der Waals surface area contributed by atoms with Crippen LogP contribution < -0.4 is 5.32 Å². The fourth-order valence-electron chi connectivity index (χ4n) is 2.55. The second kappa shape index (κ2) is 10.6. The summed E-state index contributed by atoms with van der Waals surface area (Å²) in [4.78, 5) is 5.63. The number of rotatable bonds is 11. The zero-order valence-electron chi connectivity index (χ0n) is 16.2. The standard InChI is InChI=1S/C21H34N2S/c1-8-11-19(12-9-2)23-20(18-13-14-18)17(7)24-21(22-10-3)16(6)15(4)5/h10,19,23H,4,7-9,11-14H2,1-3,5-6H3/b21-16+,22-10-. The van der Waals surface area contributed by atoms with Crippen molar-refractivity contribution in [1.82, 2.24) is 5.32 Å². The second-order valence-corrected chi connectivity index (χ2v) is 7.60. The largest absolute Gasteiger partial charge is 0.381 e. The minimum Gasteiger partial charge on any atom is -0.381 e. The van der Waals surface area contributed by atoms with Gasteiger partial charge < -0.3 is 5.32 Å². The van der Waals surface area contributed by atoms with Gasteiger partial charge in [0.05, 0.1) is 0 Å². The van der Waals surface area contributed by atoms with E-state index in [0.717, 1.165) is 21.1 Å². The fraction of sp³-hybridized carbons (Fsp3) is 0.571. The summed E-state index contributed by atoms with van der Waals surface area (Å²) in [5.74, 6) is 0. The number of hydrogen-bond acceptors (Lipinski definition) is 3. The molecule has 1 aliphatic rings. The normalized spacial score (nSPS) is 14.8. The monoisotopic (exact) mass is 346 g/mol. The molecule has 134 valence electrons. The zero-order chi connectivity index (χ0) is 18.1. The maximum atomic E-state index is 4.54. The van der Waals surface area contributed by atoms with Crippen LogP contribution in [0.15, 0.2) is 50.5 Å². The van der Waals surface area contributed by atoms with Gasteiger partial charge >= 0.3 is 0 Å². The molecule has 3 heteroatoms. The van der Waals surface area contributed by atoms with Gasteiger partial charge in [-0.25, -0.2) is 0 Å². The van der Waals surface area contributed by atoms with E-state index in [1.807, 2.05) is 20.1 Å². The van der Waals surface area contributed by atoms with E-state index in [1.165, 1.54) is 49.8 Å². The molecule has 0 aliphatic heterocycles. The molecule has 0 aromatic heterocycles. The molecule has 1 aliphatic carbocycles. The van der Waals surface area contributed by atoms with Crippen LogP contribution in [0.1, 0.15) is 73.1 Å². The van der Waals surface area contributed by atoms with Gasteiger partial charge in [-0.1, -0.05) is 57.2 Å². The number of thioether (sulfide) groups is 1. The van der Waals surface area contributed by atoms with Crippen molar-refractivity contribution in [2.75, 3.05) is 0 Å². The van der Waals surface area contributed by atoms with Crippen LogP contribution in [0.2, 0.25) is 0 Å². The molecule has 0 amide bonds. The van der Waals surface area contributed by atoms with E-state index >= 15 is 0 Å². The summed E-state index contributed by atoms with van der Waals surface area (Å²) in [5, 5.41) is 4.79. The minimum atomic E-state index is 0.546. The van der Waals surface area contributed by atoms with Crippen molar-refractivity contribution in [3.05, 3.63) is 45.5 Å². The van der Waals surface area contributed by atoms with Crippen molar-refractivity contribution in [2.45, 2.75) is 79.2 Å². The quantitative estimate of drug-likeness (QED) is 0.331. The van der Waals surface area contributed by atoms with Gasteiger partial charge in [-0.15, -0.1) is 0 Å². The molecule has 0 saturated heterocycles. The Morgan fingerprint density at radius 3 is 2.21 bits per heavy atom. The number of nitrogens with one attached hydrogen (secondary N) is 1. The zero-order valence-corrected chi connectivity index (χ0v) is 17.0. The van der Waals surface area contributed by atoms with Crippen molar-refractivity contribution in [2.24, 2.45) is 4.99 Å². The lowest BCUT2D eigenvalue weighted by atomic mass is 10.1. The van der Waals surface area contributed by atoms with Crippen molar-refractivity contribution in [3.8, 4) is 0 Å². The maximum absolute atomic E-state index is 4.54. The molecule has 0 heterocycles. The molecule has 0 atom stereocenters. The maximum Gasteiger partial charge on any atom is 0.104 e. The van der Waals surface area contributed by atoms with E-state index in [4.69, 9.17) is 0 Å². The number of allylic oxidation sites excluding steroid dienone is 3. The Labute approximate surface area is 153 Å². The van der Waals surface area contributed by atoms with Crippen molar-refractivity contribution in [1.29, 1.82) is 0 Å². The van der Waals surface area contributed by atoms with Crippen LogP contribution in [0.3, 0.4) is 0 Å². The number of hydrogen-bond donors (Lipinski definition) is 1. The second-order valence-electron chi connectivity index (χ2n) is 6.52. The van der Waals surface area contributed by atoms with Crippen molar-refractivity contribution >= 4 is 18.0 Å². The van der Waals surface area contributed by atoms with Gasteiger partial charge in [0.2, 0.25) is 0 Å². The highest BCUT2D eigenvalue weighted by Crippen LogP contribution is 2.40. The molecular formula is C21H34N2S. The first-order valence-corrected chi connectivity index (χ1v) is 9.97. The lowest BCUT2D eigenvalue weighted by Gasteiger charge is -2.22. The highest BCUT2D eigenvalue weighted by Gasteiger charge is 2.23. The predicted molar refractivity (Wildman–Crippen MR) is 111 cm³/mol. The van der Waals surface area contributed by atoms with Crippen molar-refractivity contribution < 1.29 is 0 Å². The molecule has 0 aromatic rings. The van der Waals surface area contributed by atoms with Gasteiger partial charge in [0.1, 0.15) is 5.03 Å². The average Bonchev–Trinajstić information content (AvgIpc) is 3.36. The molecule has 1 fully saturated rings. The van der Waals surface area contributed by atoms with Crippen molar-refractivity contribution in [3.63, 3.8) is 0 Å². The Bertz CT molecular complexity index is 540. The van der Waals surface area contributed by atoms with Crippen LogP contribution in [0.5, 0.6) is 0 Å². The van der Waals surface area contributed by atoms with E-state index < -0.39 is 0 Å². The van der Waals surface area contributed by atoms with Crippen LogP contribution in [-0.4, -0.2) is 12.3 Å². The summed E-state index contributed by atoms with van der Waals surface area (Å²) in [6.07, 6.45) is 9.08. The molecule has 0 radical (unpaired) electrons. The topological polar surface area (TPSA) is 24.4 Å². The Balaban J connectivity index is 2.94. The van der Waals surface area contributed by atoms with Crippen LogP contribution in [0.4, 0.5) is 0 Å². The highest BCUT2D eigenvalue weighted by atomic mass is 32.2. The number of aliphatic imine (C=N–C) groups is 1. The molecule has 24 heavy (non-hydrogen) atoms. The summed E-state index contributed by atoms with van der Waals surface area (Å²) < 4.78 is 0. The van der Waals surface area contributed by atoms with Crippen LogP contribution in [0.25, 0.3) is 0 Å². The first kappa shape index (κ1) is 20.8. The lowest BCUT2D eigenvalue weighted by Crippen LogP contribution is -2.28. The summed E-state index contributed by atoms with van der Waals surface area (Å²) >= 11 is 1.67. The predicted octanol–water partition coefficient (Wildman–Crippen LogP) is 6.74.